The van der Waals surface area contributed by atoms with Gasteiger partial charge in [-0.2, -0.15) is 0 Å². The Bertz CT molecular complexity index is 455. The first kappa shape index (κ1) is 12.6. The first-order chi connectivity index (χ1) is 8.29. The summed E-state index contributed by atoms with van der Waals surface area (Å²) in [5, 5.41) is 0. The summed E-state index contributed by atoms with van der Waals surface area (Å²) in [5.74, 6) is 5.59. The van der Waals surface area contributed by atoms with E-state index in [4.69, 9.17) is 17.4 Å². The van der Waals surface area contributed by atoms with Gasteiger partial charge in [-0.15, -0.1) is 11.3 Å². The van der Waals surface area contributed by atoms with E-state index in [1.54, 1.807) is 11.3 Å². The molecule has 3 N–H and O–H groups in total. The number of rotatable bonds is 5. The van der Waals surface area contributed by atoms with E-state index in [0.29, 0.717) is 0 Å². The van der Waals surface area contributed by atoms with Gasteiger partial charge >= 0.3 is 0 Å². The van der Waals surface area contributed by atoms with Gasteiger partial charge in [-0.25, -0.2) is 0 Å². The molecule has 2 nitrogen and oxygen atoms in total. The first-order valence-corrected chi connectivity index (χ1v) is 6.74. The number of nitrogens with one attached hydrogen (secondary N) is 1. The van der Waals surface area contributed by atoms with Gasteiger partial charge in [-0.1, -0.05) is 41.9 Å². The van der Waals surface area contributed by atoms with Gasteiger partial charge in [-0.3, -0.25) is 11.3 Å². The normalized spacial score (nSPS) is 12.6. The maximum absolute atomic E-state index is 5.93. The van der Waals surface area contributed by atoms with Crippen LogP contribution in [0.5, 0.6) is 0 Å². The Morgan fingerprint density at radius 1 is 1.18 bits per heavy atom. The van der Waals surface area contributed by atoms with E-state index < -0.39 is 0 Å². The van der Waals surface area contributed by atoms with E-state index in [2.05, 4.69) is 29.7 Å². The van der Waals surface area contributed by atoms with E-state index in [1.807, 2.05) is 18.2 Å². The molecule has 90 valence electrons. The predicted octanol–water partition coefficient (Wildman–Crippen LogP) is 3.54. The van der Waals surface area contributed by atoms with Crippen LogP contribution in [0.1, 0.15) is 22.9 Å². The van der Waals surface area contributed by atoms with E-state index in [0.717, 1.165) is 17.2 Å². The number of halogens is 1. The van der Waals surface area contributed by atoms with Gasteiger partial charge in [0.2, 0.25) is 0 Å². The van der Waals surface area contributed by atoms with Crippen molar-refractivity contribution in [2.45, 2.75) is 18.9 Å². The molecule has 0 aliphatic heterocycles. The third kappa shape index (κ3) is 3.54. The average Bonchev–Trinajstić information content (AvgIpc) is 2.78. The fourth-order valence-corrected chi connectivity index (χ4v) is 2.93. The van der Waals surface area contributed by atoms with Crippen LogP contribution in [0.3, 0.4) is 0 Å². The molecule has 1 unspecified atom stereocenters. The van der Waals surface area contributed by atoms with Gasteiger partial charge in [0, 0.05) is 4.88 Å². The molecular formula is C13H15ClN2S. The molecule has 0 saturated heterocycles. The monoisotopic (exact) mass is 266 g/mol. The second-order valence-corrected chi connectivity index (χ2v) is 5.63. The van der Waals surface area contributed by atoms with Crippen molar-refractivity contribution in [3.63, 3.8) is 0 Å². The van der Waals surface area contributed by atoms with Crippen LogP contribution in [0, 0.1) is 0 Å². The molecule has 0 saturated carbocycles. The summed E-state index contributed by atoms with van der Waals surface area (Å²) in [4.78, 5) is 1.19. The van der Waals surface area contributed by atoms with Crippen LogP contribution in [0.4, 0.5) is 0 Å². The molecule has 1 aromatic carbocycles. The molecule has 1 aromatic heterocycles. The van der Waals surface area contributed by atoms with Crippen molar-refractivity contribution in [2.24, 2.45) is 5.84 Å². The minimum absolute atomic E-state index is 0.174. The van der Waals surface area contributed by atoms with Gasteiger partial charge in [-0.05, 0) is 30.5 Å². The Morgan fingerprint density at radius 2 is 1.94 bits per heavy atom. The Labute approximate surface area is 110 Å². The first-order valence-electron chi connectivity index (χ1n) is 5.55. The quantitative estimate of drug-likeness (QED) is 0.642. The highest BCUT2D eigenvalue weighted by molar-refractivity contribution is 7.16. The van der Waals surface area contributed by atoms with E-state index in [1.165, 1.54) is 10.4 Å². The van der Waals surface area contributed by atoms with Crippen LogP contribution >= 0.6 is 22.9 Å². The van der Waals surface area contributed by atoms with Crippen LogP contribution in [0.2, 0.25) is 4.34 Å². The lowest BCUT2D eigenvalue weighted by Crippen LogP contribution is -2.27. The molecule has 17 heavy (non-hydrogen) atoms. The van der Waals surface area contributed by atoms with Crippen LogP contribution in [-0.2, 0) is 6.42 Å². The minimum Gasteiger partial charge on any atom is -0.271 e. The lowest BCUT2D eigenvalue weighted by molar-refractivity contribution is 0.524. The lowest BCUT2D eigenvalue weighted by Gasteiger charge is -2.13. The summed E-state index contributed by atoms with van der Waals surface area (Å²) in [7, 11) is 0. The third-order valence-corrected chi connectivity index (χ3v) is 4.05. The zero-order valence-electron chi connectivity index (χ0n) is 9.40. The number of hydrogen-bond donors (Lipinski definition) is 2. The number of hydrogen-bond acceptors (Lipinski definition) is 3. The molecular weight excluding hydrogens is 252 g/mol. The molecule has 0 fully saturated rings. The van der Waals surface area contributed by atoms with Crippen LogP contribution in [0.15, 0.2) is 42.5 Å². The molecule has 2 aromatic rings. The highest BCUT2D eigenvalue weighted by Crippen LogP contribution is 2.28. The molecule has 0 aliphatic carbocycles. The fourth-order valence-electron chi connectivity index (χ4n) is 1.78. The van der Waals surface area contributed by atoms with E-state index in [-0.39, 0.29) is 6.04 Å². The minimum atomic E-state index is 0.174. The van der Waals surface area contributed by atoms with Crippen molar-refractivity contribution in [3.05, 3.63) is 57.2 Å². The van der Waals surface area contributed by atoms with E-state index >= 15 is 0 Å². The molecule has 1 heterocycles. The fraction of sp³-hybridized carbons (Fsp3) is 0.231. The van der Waals surface area contributed by atoms with Gasteiger partial charge in [0.25, 0.3) is 0 Å². The summed E-state index contributed by atoms with van der Waals surface area (Å²) in [5.41, 5.74) is 4.18. The molecule has 0 amide bonds. The van der Waals surface area contributed by atoms with E-state index in [9.17, 15) is 0 Å². The number of nitrogens with two attached hydrogens (primary N) is 1. The summed E-state index contributed by atoms with van der Waals surface area (Å²) in [6.07, 6.45) is 1.97. The maximum atomic E-state index is 5.93. The predicted molar refractivity (Wildman–Crippen MR) is 74.2 cm³/mol. The van der Waals surface area contributed by atoms with Crippen molar-refractivity contribution < 1.29 is 0 Å². The van der Waals surface area contributed by atoms with Crippen molar-refractivity contribution >= 4 is 22.9 Å². The Balaban J connectivity index is 1.97. The Hall–Kier alpha value is -0.870. The smallest absolute Gasteiger partial charge is 0.0931 e. The van der Waals surface area contributed by atoms with Gasteiger partial charge in [0.15, 0.2) is 0 Å². The topological polar surface area (TPSA) is 38.0 Å². The molecule has 0 aliphatic rings. The molecule has 0 spiro atoms. The molecule has 1 atom stereocenters. The largest absolute Gasteiger partial charge is 0.271 e. The van der Waals surface area contributed by atoms with Crippen LogP contribution in [0.25, 0.3) is 0 Å². The summed E-state index contributed by atoms with van der Waals surface area (Å²) in [6, 6.07) is 14.5. The highest BCUT2D eigenvalue weighted by atomic mass is 35.5. The maximum Gasteiger partial charge on any atom is 0.0931 e. The number of thiophene rings is 1. The summed E-state index contributed by atoms with van der Waals surface area (Å²) < 4.78 is 0.806. The second-order valence-electron chi connectivity index (χ2n) is 3.89. The molecule has 4 heteroatoms. The average molecular weight is 267 g/mol. The van der Waals surface area contributed by atoms with Crippen molar-refractivity contribution in [1.29, 1.82) is 0 Å². The Morgan fingerprint density at radius 3 is 2.53 bits per heavy atom. The number of benzene rings is 1. The highest BCUT2D eigenvalue weighted by Gasteiger charge is 2.11. The van der Waals surface area contributed by atoms with Gasteiger partial charge in [0.05, 0.1) is 10.4 Å². The second kappa shape index (κ2) is 6.17. The number of aryl methyl sites for hydroxylation is 1. The summed E-state index contributed by atoms with van der Waals surface area (Å²) in [6.45, 7) is 0. The molecule has 0 bridgehead atoms. The summed E-state index contributed by atoms with van der Waals surface area (Å²) >= 11 is 7.51. The van der Waals surface area contributed by atoms with Crippen molar-refractivity contribution in [2.75, 3.05) is 0 Å². The Kier molecular flexibility index (Phi) is 4.57. The third-order valence-electron chi connectivity index (χ3n) is 2.70. The molecule has 0 radical (unpaired) electrons. The van der Waals surface area contributed by atoms with Crippen LogP contribution < -0.4 is 11.3 Å². The molecule has 2 rings (SSSR count). The zero-order chi connectivity index (χ0) is 12.1. The SMILES string of the molecule is NNC(CCc1ccccc1)c1ccc(Cl)s1. The van der Waals surface area contributed by atoms with Crippen molar-refractivity contribution in [1.82, 2.24) is 5.43 Å². The zero-order valence-corrected chi connectivity index (χ0v) is 11.0. The van der Waals surface area contributed by atoms with Crippen molar-refractivity contribution in [3.8, 4) is 0 Å². The number of hydrazine groups is 1. The standard InChI is InChI=1S/C13H15ClN2S/c14-13-9-8-12(17-13)11(16-15)7-6-10-4-2-1-3-5-10/h1-5,8-9,11,16H,6-7,15H2. The van der Waals surface area contributed by atoms with Gasteiger partial charge in [0.1, 0.15) is 0 Å². The lowest BCUT2D eigenvalue weighted by atomic mass is 10.0. The van der Waals surface area contributed by atoms with Gasteiger partial charge < -0.3 is 0 Å². The van der Waals surface area contributed by atoms with Crippen LogP contribution in [-0.4, -0.2) is 0 Å².